The maximum atomic E-state index is 12.4. The van der Waals surface area contributed by atoms with E-state index in [2.05, 4.69) is 9.97 Å². The molecule has 2 aromatic heterocycles. The van der Waals surface area contributed by atoms with E-state index in [-0.39, 0.29) is 12.4 Å². The first kappa shape index (κ1) is 66.8. The molecular formula is C62H88N4O16. The van der Waals surface area contributed by atoms with E-state index in [0.717, 1.165) is 52.9 Å². The Kier molecular flexibility index (Phi) is 30.9. The van der Waals surface area contributed by atoms with Crippen molar-refractivity contribution in [2.75, 3.05) is 149 Å². The van der Waals surface area contributed by atoms with Gasteiger partial charge in [0.1, 0.15) is 30.5 Å². The lowest BCUT2D eigenvalue weighted by molar-refractivity contribution is -0.209. The van der Waals surface area contributed by atoms with Gasteiger partial charge in [-0.05, 0) is 119 Å². The van der Waals surface area contributed by atoms with E-state index in [1.807, 2.05) is 139 Å². The zero-order valence-electron chi connectivity index (χ0n) is 49.4. The molecule has 82 heavy (non-hydrogen) atoms. The van der Waals surface area contributed by atoms with E-state index in [1.54, 1.807) is 26.5 Å². The highest BCUT2D eigenvalue weighted by Gasteiger charge is 2.23. The van der Waals surface area contributed by atoms with Gasteiger partial charge in [-0.1, -0.05) is 48.6 Å². The van der Waals surface area contributed by atoms with Crippen LogP contribution in [0.2, 0.25) is 0 Å². The van der Waals surface area contributed by atoms with E-state index >= 15 is 0 Å². The first-order valence-electron chi connectivity index (χ1n) is 28.2. The maximum Gasteiger partial charge on any atom is 0.414 e. The molecular weight excluding hydrogens is 1060 g/mol. The number of hydrogen-bond acceptors (Lipinski definition) is 18. The van der Waals surface area contributed by atoms with E-state index in [0.29, 0.717) is 137 Å². The number of aromatic nitrogens is 2. The summed E-state index contributed by atoms with van der Waals surface area (Å²) in [6, 6.07) is 22.8. The minimum atomic E-state index is -0.559. The van der Waals surface area contributed by atoms with Crippen molar-refractivity contribution in [3.8, 4) is 11.8 Å². The van der Waals surface area contributed by atoms with Crippen LogP contribution in [0.15, 0.2) is 85.2 Å². The van der Waals surface area contributed by atoms with E-state index < -0.39 is 23.4 Å². The van der Waals surface area contributed by atoms with Gasteiger partial charge in [0.05, 0.1) is 106 Å². The molecule has 20 heteroatoms. The largest absolute Gasteiger partial charge is 0.475 e. The summed E-state index contributed by atoms with van der Waals surface area (Å²) >= 11 is 0. The van der Waals surface area contributed by atoms with E-state index in [1.165, 1.54) is 9.80 Å². The van der Waals surface area contributed by atoms with Crippen LogP contribution >= 0.6 is 0 Å². The number of pyridine rings is 2. The highest BCUT2D eigenvalue weighted by atomic mass is 16.7. The monoisotopic (exact) mass is 1140 g/mol. The molecule has 2 aromatic carbocycles. The van der Waals surface area contributed by atoms with Crippen molar-refractivity contribution in [3.05, 3.63) is 107 Å². The van der Waals surface area contributed by atoms with Gasteiger partial charge in [-0.3, -0.25) is 9.80 Å². The van der Waals surface area contributed by atoms with Crippen LogP contribution in [0.25, 0.3) is 24.3 Å². The number of amides is 2. The molecule has 1 fully saturated rings. The molecule has 2 amide bonds. The third kappa shape index (κ3) is 29.3. The summed E-state index contributed by atoms with van der Waals surface area (Å²) in [5.74, 6) is 1.03. The Morgan fingerprint density at radius 3 is 1.16 bits per heavy atom. The van der Waals surface area contributed by atoms with Crippen LogP contribution < -0.4 is 19.3 Å². The molecule has 0 spiro atoms. The lowest BCUT2D eigenvalue weighted by atomic mass is 10.1. The number of nitrogens with zero attached hydrogens (tertiary/aromatic N) is 4. The second kappa shape index (κ2) is 37.9. The van der Waals surface area contributed by atoms with Gasteiger partial charge in [-0.25, -0.2) is 19.6 Å². The molecule has 1 unspecified atom stereocenters. The van der Waals surface area contributed by atoms with Gasteiger partial charge < -0.3 is 66.3 Å². The molecule has 20 nitrogen and oxygen atoms in total. The number of hydrogen-bond donors (Lipinski definition) is 0. The van der Waals surface area contributed by atoms with Crippen molar-refractivity contribution >= 4 is 47.9 Å². The Hall–Kier alpha value is -6.04. The zero-order valence-corrected chi connectivity index (χ0v) is 49.4. The van der Waals surface area contributed by atoms with Crippen LogP contribution in [0.4, 0.5) is 21.0 Å². The number of carbonyl (C=O) groups is 2. The predicted molar refractivity (Wildman–Crippen MR) is 314 cm³/mol. The summed E-state index contributed by atoms with van der Waals surface area (Å²) in [7, 11) is 3.38. The third-order valence-electron chi connectivity index (χ3n) is 11.6. The maximum absolute atomic E-state index is 12.4. The Labute approximate surface area is 485 Å². The van der Waals surface area contributed by atoms with Crippen molar-refractivity contribution in [3.63, 3.8) is 0 Å². The molecule has 1 atom stereocenters. The van der Waals surface area contributed by atoms with Crippen LogP contribution in [0.3, 0.4) is 0 Å². The Morgan fingerprint density at radius 1 is 0.488 bits per heavy atom. The summed E-state index contributed by atoms with van der Waals surface area (Å²) in [6.45, 7) is 19.1. The molecule has 452 valence electrons. The Morgan fingerprint density at radius 2 is 0.829 bits per heavy atom. The molecule has 3 heterocycles. The van der Waals surface area contributed by atoms with Crippen LogP contribution in [-0.2, 0) is 56.8 Å². The average Bonchev–Trinajstić information content (AvgIpc) is 3.49. The van der Waals surface area contributed by atoms with Gasteiger partial charge in [-0.2, -0.15) is 0 Å². The number of carbonyl (C=O) groups excluding carboxylic acids is 2. The summed E-state index contributed by atoms with van der Waals surface area (Å²) < 4.78 is 80.0. The molecule has 0 saturated carbocycles. The summed E-state index contributed by atoms with van der Waals surface area (Å²) in [6.07, 6.45) is 12.9. The number of benzene rings is 2. The number of ether oxygens (including phenoxy) is 14. The second-order valence-corrected chi connectivity index (χ2v) is 20.9. The van der Waals surface area contributed by atoms with Gasteiger partial charge in [0.15, 0.2) is 6.29 Å². The van der Waals surface area contributed by atoms with Crippen LogP contribution in [0.5, 0.6) is 11.8 Å². The molecule has 0 radical (unpaired) electrons. The smallest absolute Gasteiger partial charge is 0.414 e. The standard InChI is InChI=1S/C62H88N4O16/c1-61(2,3)81-59(67)65(7)53-22-16-49(17-23-53)12-14-51-20-26-56(63-45-51)77-43-41-73-35-33-69-29-31-71-37-39-75-47-55(80-58-11-9-10-28-79-58)48-76-40-38-72-32-30-70-34-36-74-42-44-78-57-27-21-52(46-64-57)15-13-50-18-24-54(25-19-50)66(8)60(68)82-62(4,5)6/h12-27,45-46,55,58H,9-11,28-44,47-48H2,1-8H3/b14-12+,15-13+. The average molecular weight is 1150 g/mol. The topological polar surface area (TPSA) is 196 Å². The zero-order chi connectivity index (χ0) is 58.7. The molecule has 0 aliphatic carbocycles. The van der Waals surface area contributed by atoms with Crippen molar-refractivity contribution in [2.24, 2.45) is 0 Å². The third-order valence-corrected chi connectivity index (χ3v) is 11.6. The molecule has 0 bridgehead atoms. The van der Waals surface area contributed by atoms with Crippen molar-refractivity contribution in [1.29, 1.82) is 0 Å². The first-order chi connectivity index (χ1) is 39.6. The molecule has 1 aliphatic rings. The van der Waals surface area contributed by atoms with Crippen LogP contribution in [0.1, 0.15) is 83.1 Å². The molecule has 4 aromatic rings. The summed E-state index contributed by atoms with van der Waals surface area (Å²) in [4.78, 5) is 36.5. The molecule has 1 aliphatic heterocycles. The SMILES string of the molecule is CN(C(=O)OC(C)(C)C)c1ccc(/C=C/c2ccc(OCCOCCOCCOCCOCC(COCCOCCOCCOCCOc3ccc(/C=C/c4ccc(N(C)C(=O)OC(C)(C)C)cc4)cn3)OC3CCCCO3)nc2)cc1. The number of rotatable bonds is 38. The molecule has 0 N–H and O–H groups in total. The van der Waals surface area contributed by atoms with Gasteiger partial charge in [0.2, 0.25) is 11.8 Å². The minimum Gasteiger partial charge on any atom is -0.475 e. The van der Waals surface area contributed by atoms with Crippen LogP contribution in [0, 0.1) is 0 Å². The summed E-state index contributed by atoms with van der Waals surface area (Å²) in [5, 5.41) is 0. The molecule has 1 saturated heterocycles. The second-order valence-electron chi connectivity index (χ2n) is 20.9. The normalized spacial score (nSPS) is 13.9. The van der Waals surface area contributed by atoms with Crippen molar-refractivity contribution in [1.82, 2.24) is 9.97 Å². The van der Waals surface area contributed by atoms with Gasteiger partial charge in [-0.15, -0.1) is 0 Å². The van der Waals surface area contributed by atoms with Crippen LogP contribution in [-0.4, -0.2) is 185 Å². The highest BCUT2D eigenvalue weighted by molar-refractivity contribution is 5.88. The fourth-order valence-electron chi connectivity index (χ4n) is 7.35. The quantitative estimate of drug-likeness (QED) is 0.0384. The Bertz CT molecular complexity index is 2250. The number of anilines is 2. The predicted octanol–water partition coefficient (Wildman–Crippen LogP) is 10.1. The lowest BCUT2D eigenvalue weighted by Gasteiger charge is -2.27. The van der Waals surface area contributed by atoms with Crippen molar-refractivity contribution in [2.45, 2.75) is 84.4 Å². The fraction of sp³-hybridized carbons (Fsp3) is 0.548. The molecule has 5 rings (SSSR count). The van der Waals surface area contributed by atoms with E-state index in [4.69, 9.17) is 66.3 Å². The van der Waals surface area contributed by atoms with Crippen molar-refractivity contribution < 1.29 is 75.9 Å². The van der Waals surface area contributed by atoms with Gasteiger partial charge in [0, 0.05) is 56.6 Å². The van der Waals surface area contributed by atoms with Gasteiger partial charge >= 0.3 is 12.2 Å². The minimum absolute atomic E-state index is 0.268. The summed E-state index contributed by atoms with van der Waals surface area (Å²) in [5.41, 5.74) is 4.18. The van der Waals surface area contributed by atoms with E-state index in [9.17, 15) is 9.59 Å². The Balaban J connectivity index is 0.796. The first-order valence-corrected chi connectivity index (χ1v) is 28.2. The van der Waals surface area contributed by atoms with Gasteiger partial charge in [0.25, 0.3) is 0 Å². The fourth-order valence-corrected chi connectivity index (χ4v) is 7.35. The highest BCUT2D eigenvalue weighted by Crippen LogP contribution is 2.22. The lowest BCUT2D eigenvalue weighted by Crippen LogP contribution is -2.34.